The molecule has 0 aromatic heterocycles. The third-order valence-electron chi connectivity index (χ3n) is 3.48. The second kappa shape index (κ2) is 10.1. The largest absolute Gasteiger partial charge is 0.479 e. The van der Waals surface area contributed by atoms with Crippen LogP contribution in [-0.2, 0) is 19.1 Å². The van der Waals surface area contributed by atoms with Gasteiger partial charge in [0, 0.05) is 5.69 Å². The molecule has 7 nitrogen and oxygen atoms in total. The highest BCUT2D eigenvalue weighted by molar-refractivity contribution is 5.94. The predicted molar refractivity (Wildman–Crippen MR) is 103 cm³/mol. The Hall–Kier alpha value is -3.35. The van der Waals surface area contributed by atoms with E-state index < -0.39 is 30.6 Å². The number of hydrogen-bond acceptors (Lipinski definition) is 6. The predicted octanol–water partition coefficient (Wildman–Crippen LogP) is 3.20. The molecule has 0 aliphatic carbocycles. The molecule has 0 saturated carbocycles. The van der Waals surface area contributed by atoms with Crippen LogP contribution in [-0.4, -0.2) is 36.7 Å². The van der Waals surface area contributed by atoms with Gasteiger partial charge < -0.3 is 19.5 Å². The lowest BCUT2D eigenvalue weighted by molar-refractivity contribution is -0.153. The van der Waals surface area contributed by atoms with Gasteiger partial charge in [0.1, 0.15) is 5.75 Å². The number of carbonyl (C=O) groups excluding carboxylic acids is 3. The Morgan fingerprint density at radius 1 is 0.929 bits per heavy atom. The monoisotopic (exact) mass is 385 g/mol. The molecule has 0 radical (unpaired) electrons. The van der Waals surface area contributed by atoms with Crippen molar-refractivity contribution >= 4 is 23.5 Å². The molecule has 1 N–H and O–H groups in total. The first-order valence-electron chi connectivity index (χ1n) is 8.84. The van der Waals surface area contributed by atoms with E-state index in [9.17, 15) is 14.4 Å². The number of esters is 2. The fourth-order valence-electron chi connectivity index (χ4n) is 2.17. The molecule has 1 atom stereocenters. The highest BCUT2D eigenvalue weighted by Gasteiger charge is 2.18. The van der Waals surface area contributed by atoms with E-state index in [1.54, 1.807) is 69.3 Å². The van der Waals surface area contributed by atoms with Gasteiger partial charge >= 0.3 is 11.9 Å². The summed E-state index contributed by atoms with van der Waals surface area (Å²) in [4.78, 5) is 35.7. The Labute approximate surface area is 163 Å². The van der Waals surface area contributed by atoms with E-state index in [0.29, 0.717) is 17.0 Å². The second-order valence-corrected chi connectivity index (χ2v) is 6.26. The third-order valence-corrected chi connectivity index (χ3v) is 3.48. The van der Waals surface area contributed by atoms with Gasteiger partial charge in [0.2, 0.25) is 0 Å². The summed E-state index contributed by atoms with van der Waals surface area (Å²) in [7, 11) is 0. The van der Waals surface area contributed by atoms with Crippen LogP contribution in [0.1, 0.15) is 31.1 Å². The van der Waals surface area contributed by atoms with E-state index in [1.807, 2.05) is 6.07 Å². The zero-order valence-electron chi connectivity index (χ0n) is 16.0. The zero-order valence-corrected chi connectivity index (χ0v) is 16.0. The highest BCUT2D eigenvalue weighted by Crippen LogP contribution is 2.13. The summed E-state index contributed by atoms with van der Waals surface area (Å²) < 4.78 is 15.5. The average molecular weight is 385 g/mol. The number of carbonyl (C=O) groups is 3. The fraction of sp³-hybridized carbons (Fsp3) is 0.286. The van der Waals surface area contributed by atoms with Gasteiger partial charge in [-0.2, -0.15) is 0 Å². The fourth-order valence-corrected chi connectivity index (χ4v) is 2.17. The number of amides is 1. The normalized spacial score (nSPS) is 11.4. The van der Waals surface area contributed by atoms with Gasteiger partial charge in [0.15, 0.2) is 12.7 Å². The van der Waals surface area contributed by atoms with E-state index in [-0.39, 0.29) is 6.10 Å². The molecule has 7 heteroatoms. The number of benzene rings is 2. The van der Waals surface area contributed by atoms with Gasteiger partial charge in [-0.3, -0.25) is 4.79 Å². The first-order chi connectivity index (χ1) is 13.3. The molecule has 148 valence electrons. The SMILES string of the molecule is CC(C)OC(=O)c1ccc(NC(=O)COC(=O)[C@@H](C)Oc2ccccc2)cc1. The standard InChI is InChI=1S/C21H23NO6/c1-14(2)27-21(25)16-9-11-17(12-10-16)22-19(23)13-26-20(24)15(3)28-18-7-5-4-6-8-18/h4-12,14-15H,13H2,1-3H3,(H,22,23)/t15-/m1/s1. The van der Waals surface area contributed by atoms with Crippen LogP contribution in [0.5, 0.6) is 5.75 Å². The molecule has 0 aliphatic rings. The van der Waals surface area contributed by atoms with Crippen LogP contribution in [0.15, 0.2) is 54.6 Å². The Kier molecular flexibility index (Phi) is 7.56. The van der Waals surface area contributed by atoms with Crippen molar-refractivity contribution in [2.45, 2.75) is 33.0 Å². The number of hydrogen-bond donors (Lipinski definition) is 1. The molecule has 0 fully saturated rings. The van der Waals surface area contributed by atoms with Crippen molar-refractivity contribution < 1.29 is 28.6 Å². The van der Waals surface area contributed by atoms with E-state index in [1.165, 1.54) is 0 Å². The van der Waals surface area contributed by atoms with Gasteiger partial charge in [0.25, 0.3) is 5.91 Å². The second-order valence-electron chi connectivity index (χ2n) is 6.26. The molecule has 2 aromatic carbocycles. The van der Waals surface area contributed by atoms with Crippen LogP contribution in [0, 0.1) is 0 Å². The lowest BCUT2D eigenvalue weighted by Gasteiger charge is -2.14. The third kappa shape index (κ3) is 6.75. The zero-order chi connectivity index (χ0) is 20.5. The topological polar surface area (TPSA) is 90.9 Å². The molecule has 0 spiro atoms. The summed E-state index contributed by atoms with van der Waals surface area (Å²) >= 11 is 0. The molecule has 1 amide bonds. The molecule has 0 saturated heterocycles. The van der Waals surface area contributed by atoms with E-state index in [0.717, 1.165) is 0 Å². The maximum atomic E-state index is 11.9. The summed E-state index contributed by atoms with van der Waals surface area (Å²) in [6.45, 7) is 4.62. The summed E-state index contributed by atoms with van der Waals surface area (Å²) in [6, 6.07) is 15.1. The number of ether oxygens (including phenoxy) is 3. The maximum Gasteiger partial charge on any atom is 0.347 e. The summed E-state index contributed by atoms with van der Waals surface area (Å²) in [5, 5.41) is 2.58. The minimum absolute atomic E-state index is 0.213. The molecule has 0 heterocycles. The smallest absolute Gasteiger partial charge is 0.347 e. The number of para-hydroxylation sites is 1. The van der Waals surface area contributed by atoms with Gasteiger partial charge in [-0.1, -0.05) is 18.2 Å². The van der Waals surface area contributed by atoms with Crippen molar-refractivity contribution in [2.75, 3.05) is 11.9 Å². The molecular weight excluding hydrogens is 362 g/mol. The van der Waals surface area contributed by atoms with Crippen LogP contribution in [0.3, 0.4) is 0 Å². The van der Waals surface area contributed by atoms with Gasteiger partial charge in [-0.05, 0) is 57.2 Å². The van der Waals surface area contributed by atoms with Crippen molar-refractivity contribution in [3.8, 4) is 5.75 Å². The Morgan fingerprint density at radius 3 is 2.18 bits per heavy atom. The van der Waals surface area contributed by atoms with Crippen molar-refractivity contribution in [2.24, 2.45) is 0 Å². The maximum absolute atomic E-state index is 11.9. The molecule has 0 unspecified atom stereocenters. The highest BCUT2D eigenvalue weighted by atomic mass is 16.6. The van der Waals surface area contributed by atoms with Crippen LogP contribution in [0.25, 0.3) is 0 Å². The van der Waals surface area contributed by atoms with E-state index in [4.69, 9.17) is 14.2 Å². The minimum atomic E-state index is -0.846. The Morgan fingerprint density at radius 2 is 1.57 bits per heavy atom. The van der Waals surface area contributed by atoms with Crippen LogP contribution >= 0.6 is 0 Å². The molecule has 2 aromatic rings. The van der Waals surface area contributed by atoms with Crippen molar-refractivity contribution in [3.63, 3.8) is 0 Å². The van der Waals surface area contributed by atoms with E-state index >= 15 is 0 Å². The first kappa shape index (κ1) is 21.0. The summed E-state index contributed by atoms with van der Waals surface area (Å²) in [6.07, 6.45) is -1.06. The van der Waals surface area contributed by atoms with Gasteiger partial charge in [-0.25, -0.2) is 9.59 Å². The van der Waals surface area contributed by atoms with Crippen LogP contribution in [0.4, 0.5) is 5.69 Å². The molecule has 28 heavy (non-hydrogen) atoms. The summed E-state index contributed by atoms with van der Waals surface area (Å²) in [5.74, 6) is -1.05. The number of anilines is 1. The molecule has 0 bridgehead atoms. The quantitative estimate of drug-likeness (QED) is 0.702. The number of nitrogens with one attached hydrogen (secondary N) is 1. The van der Waals surface area contributed by atoms with Crippen LogP contribution in [0.2, 0.25) is 0 Å². The first-order valence-corrected chi connectivity index (χ1v) is 8.84. The van der Waals surface area contributed by atoms with Crippen molar-refractivity contribution in [1.29, 1.82) is 0 Å². The van der Waals surface area contributed by atoms with Gasteiger partial charge in [-0.15, -0.1) is 0 Å². The minimum Gasteiger partial charge on any atom is -0.479 e. The lowest BCUT2D eigenvalue weighted by Crippen LogP contribution is -2.29. The van der Waals surface area contributed by atoms with Crippen LogP contribution < -0.4 is 10.1 Å². The Balaban J connectivity index is 1.78. The molecule has 2 rings (SSSR count). The van der Waals surface area contributed by atoms with Gasteiger partial charge in [0.05, 0.1) is 11.7 Å². The molecule has 0 aliphatic heterocycles. The summed E-state index contributed by atoms with van der Waals surface area (Å²) in [5.41, 5.74) is 0.848. The van der Waals surface area contributed by atoms with E-state index in [2.05, 4.69) is 5.32 Å². The number of rotatable bonds is 8. The average Bonchev–Trinajstić information content (AvgIpc) is 2.67. The van der Waals surface area contributed by atoms with Crippen molar-refractivity contribution in [3.05, 3.63) is 60.2 Å². The Bertz CT molecular complexity index is 801. The van der Waals surface area contributed by atoms with Crippen molar-refractivity contribution in [1.82, 2.24) is 0 Å². The molecular formula is C21H23NO6. The lowest BCUT2D eigenvalue weighted by atomic mass is 10.2.